The number of ether oxygens (including phenoxy) is 1. The largest absolute Gasteiger partial charge is 0.469 e. The van der Waals surface area contributed by atoms with Crippen molar-refractivity contribution in [1.82, 2.24) is 4.98 Å². The number of pyridine rings is 1. The summed E-state index contributed by atoms with van der Waals surface area (Å²) in [5, 5.41) is 12.2. The Bertz CT molecular complexity index is 577. The van der Waals surface area contributed by atoms with Crippen LogP contribution in [0.25, 0.3) is 10.8 Å². The molecule has 0 amide bonds. The molecule has 4 nitrogen and oxygen atoms in total. The van der Waals surface area contributed by atoms with Crippen LogP contribution < -0.4 is 0 Å². The number of aromatic nitrogens is 1. The van der Waals surface area contributed by atoms with E-state index in [1.165, 1.54) is 7.11 Å². The van der Waals surface area contributed by atoms with Crippen LogP contribution >= 0.6 is 0 Å². The van der Waals surface area contributed by atoms with Gasteiger partial charge in [0.2, 0.25) is 0 Å². The summed E-state index contributed by atoms with van der Waals surface area (Å²) >= 11 is 0. The summed E-state index contributed by atoms with van der Waals surface area (Å²) in [6.07, 6.45) is 3.00. The van der Waals surface area contributed by atoms with E-state index in [1.54, 1.807) is 19.3 Å². The van der Waals surface area contributed by atoms with Crippen molar-refractivity contribution in [3.05, 3.63) is 42.2 Å². The van der Waals surface area contributed by atoms with Crippen LogP contribution in [0.5, 0.6) is 0 Å². The number of esters is 1. The van der Waals surface area contributed by atoms with Gasteiger partial charge < -0.3 is 9.84 Å². The molecule has 2 rings (SSSR count). The first kappa shape index (κ1) is 13.5. The smallest absolute Gasteiger partial charge is 0.308 e. The highest BCUT2D eigenvalue weighted by Gasteiger charge is 2.20. The molecule has 0 bridgehead atoms. The number of aliphatic hydroxyl groups excluding tert-OH is 1. The van der Waals surface area contributed by atoms with E-state index in [9.17, 15) is 9.90 Å². The van der Waals surface area contributed by atoms with E-state index in [2.05, 4.69) is 9.72 Å². The Morgan fingerprint density at radius 1 is 1.37 bits per heavy atom. The van der Waals surface area contributed by atoms with Gasteiger partial charge in [0.15, 0.2) is 0 Å². The monoisotopic (exact) mass is 259 g/mol. The first-order valence-electron chi connectivity index (χ1n) is 6.22. The summed E-state index contributed by atoms with van der Waals surface area (Å²) in [6.45, 7) is 1.74. The minimum atomic E-state index is -0.729. The molecule has 0 fully saturated rings. The molecule has 2 atom stereocenters. The van der Waals surface area contributed by atoms with Crippen LogP contribution in [-0.4, -0.2) is 23.2 Å². The number of fused-ring (bicyclic) bond motifs is 1. The van der Waals surface area contributed by atoms with Gasteiger partial charge in [0, 0.05) is 23.3 Å². The number of hydrogen-bond acceptors (Lipinski definition) is 4. The van der Waals surface area contributed by atoms with Crippen LogP contribution in [0, 0.1) is 5.92 Å². The maximum absolute atomic E-state index is 11.4. The molecular weight excluding hydrogens is 242 g/mol. The third-order valence-corrected chi connectivity index (χ3v) is 3.24. The van der Waals surface area contributed by atoms with Gasteiger partial charge in [-0.2, -0.15) is 0 Å². The average Bonchev–Trinajstić information content (AvgIpc) is 2.45. The Labute approximate surface area is 112 Å². The molecule has 1 aromatic heterocycles. The Balaban J connectivity index is 2.26. The summed E-state index contributed by atoms with van der Waals surface area (Å²) < 4.78 is 4.67. The van der Waals surface area contributed by atoms with E-state index >= 15 is 0 Å². The number of methoxy groups -OCH3 is 1. The zero-order valence-corrected chi connectivity index (χ0v) is 11.0. The van der Waals surface area contributed by atoms with Crippen LogP contribution in [0.4, 0.5) is 0 Å². The highest BCUT2D eigenvalue weighted by molar-refractivity contribution is 5.85. The van der Waals surface area contributed by atoms with Crippen molar-refractivity contribution in [2.75, 3.05) is 7.11 Å². The summed E-state index contributed by atoms with van der Waals surface area (Å²) in [7, 11) is 1.35. The van der Waals surface area contributed by atoms with Crippen LogP contribution in [0.2, 0.25) is 0 Å². The fraction of sp³-hybridized carbons (Fsp3) is 0.333. The number of carbonyl (C=O) groups is 1. The fourth-order valence-corrected chi connectivity index (χ4v) is 2.16. The standard InChI is InChI=1S/C15H17NO3/c1-10(15(18)19-2)7-14(17)13-9-16-8-11-5-3-4-6-12(11)13/h3-6,8-10,14,17H,7H2,1-2H3. The van der Waals surface area contributed by atoms with Crippen molar-refractivity contribution in [2.24, 2.45) is 5.92 Å². The Morgan fingerprint density at radius 3 is 2.84 bits per heavy atom. The molecule has 2 unspecified atom stereocenters. The van der Waals surface area contributed by atoms with E-state index in [4.69, 9.17) is 0 Å². The van der Waals surface area contributed by atoms with Gasteiger partial charge in [-0.05, 0) is 11.8 Å². The predicted molar refractivity (Wildman–Crippen MR) is 72.5 cm³/mol. The van der Waals surface area contributed by atoms with Gasteiger partial charge in [0.05, 0.1) is 19.1 Å². The second-order valence-corrected chi connectivity index (χ2v) is 4.63. The lowest BCUT2D eigenvalue weighted by Crippen LogP contribution is -2.16. The van der Waals surface area contributed by atoms with Gasteiger partial charge in [-0.25, -0.2) is 0 Å². The summed E-state index contributed by atoms with van der Waals surface area (Å²) in [5.41, 5.74) is 0.744. The normalized spacial score (nSPS) is 14.1. The maximum atomic E-state index is 11.4. The quantitative estimate of drug-likeness (QED) is 0.857. The van der Waals surface area contributed by atoms with Crippen molar-refractivity contribution in [1.29, 1.82) is 0 Å². The number of nitrogens with zero attached hydrogens (tertiary/aromatic N) is 1. The lowest BCUT2D eigenvalue weighted by atomic mass is 9.96. The summed E-state index contributed by atoms with van der Waals surface area (Å²) in [4.78, 5) is 15.5. The Morgan fingerprint density at radius 2 is 2.11 bits per heavy atom. The highest BCUT2D eigenvalue weighted by Crippen LogP contribution is 2.27. The third kappa shape index (κ3) is 2.90. The highest BCUT2D eigenvalue weighted by atomic mass is 16.5. The van der Waals surface area contributed by atoms with Crippen molar-refractivity contribution in [3.8, 4) is 0 Å². The minimum absolute atomic E-state index is 0.313. The van der Waals surface area contributed by atoms with Gasteiger partial charge in [0.1, 0.15) is 0 Å². The van der Waals surface area contributed by atoms with Crippen molar-refractivity contribution in [3.63, 3.8) is 0 Å². The van der Waals surface area contributed by atoms with Crippen LogP contribution in [0.3, 0.4) is 0 Å². The van der Waals surface area contributed by atoms with Crippen molar-refractivity contribution >= 4 is 16.7 Å². The average molecular weight is 259 g/mol. The molecular formula is C15H17NO3. The number of benzene rings is 1. The summed E-state index contributed by atoms with van der Waals surface area (Å²) in [5.74, 6) is -0.661. The molecule has 1 heterocycles. The zero-order valence-electron chi connectivity index (χ0n) is 11.0. The molecule has 0 spiro atoms. The Hall–Kier alpha value is -1.94. The van der Waals surface area contributed by atoms with E-state index in [0.29, 0.717) is 6.42 Å². The fourth-order valence-electron chi connectivity index (χ4n) is 2.16. The first-order valence-corrected chi connectivity index (χ1v) is 6.22. The molecule has 0 saturated heterocycles. The molecule has 100 valence electrons. The molecule has 1 aromatic carbocycles. The zero-order chi connectivity index (χ0) is 13.8. The van der Waals surface area contributed by atoms with Gasteiger partial charge >= 0.3 is 5.97 Å². The maximum Gasteiger partial charge on any atom is 0.308 e. The summed E-state index contributed by atoms with van der Waals surface area (Å²) in [6, 6.07) is 7.74. The lowest BCUT2D eigenvalue weighted by molar-refractivity contribution is -0.145. The molecule has 0 saturated carbocycles. The van der Waals surface area contributed by atoms with E-state index in [-0.39, 0.29) is 11.9 Å². The van der Waals surface area contributed by atoms with Crippen LogP contribution in [0.1, 0.15) is 25.0 Å². The number of aliphatic hydroxyl groups is 1. The molecule has 0 aliphatic heterocycles. The Kier molecular flexibility index (Phi) is 4.12. The van der Waals surface area contributed by atoms with Gasteiger partial charge in [0.25, 0.3) is 0 Å². The minimum Gasteiger partial charge on any atom is -0.469 e. The van der Waals surface area contributed by atoms with Gasteiger partial charge in [-0.3, -0.25) is 9.78 Å². The molecule has 0 aliphatic carbocycles. The third-order valence-electron chi connectivity index (χ3n) is 3.24. The van der Waals surface area contributed by atoms with E-state index < -0.39 is 6.10 Å². The lowest BCUT2D eigenvalue weighted by Gasteiger charge is -2.16. The number of rotatable bonds is 4. The molecule has 4 heteroatoms. The predicted octanol–water partition coefficient (Wildman–Crippen LogP) is 2.47. The molecule has 2 aromatic rings. The number of carbonyl (C=O) groups excluding carboxylic acids is 1. The molecule has 1 N–H and O–H groups in total. The SMILES string of the molecule is COC(=O)C(C)CC(O)c1cncc2ccccc12. The van der Waals surface area contributed by atoms with Crippen LogP contribution in [0.15, 0.2) is 36.7 Å². The van der Waals surface area contributed by atoms with Gasteiger partial charge in [-0.15, -0.1) is 0 Å². The number of hydrogen-bond donors (Lipinski definition) is 1. The topological polar surface area (TPSA) is 59.4 Å². The molecule has 0 aliphatic rings. The van der Waals surface area contributed by atoms with E-state index in [1.807, 2.05) is 24.3 Å². The first-order chi connectivity index (χ1) is 9.13. The van der Waals surface area contributed by atoms with Gasteiger partial charge in [-0.1, -0.05) is 31.2 Å². The van der Waals surface area contributed by atoms with Crippen LogP contribution in [-0.2, 0) is 9.53 Å². The van der Waals surface area contributed by atoms with Crippen molar-refractivity contribution < 1.29 is 14.6 Å². The van der Waals surface area contributed by atoms with E-state index in [0.717, 1.165) is 16.3 Å². The van der Waals surface area contributed by atoms with Crippen molar-refractivity contribution in [2.45, 2.75) is 19.4 Å². The molecule has 0 radical (unpaired) electrons. The second kappa shape index (κ2) is 5.80. The second-order valence-electron chi connectivity index (χ2n) is 4.63. The molecule has 19 heavy (non-hydrogen) atoms.